The molecule has 0 saturated heterocycles. The highest BCUT2D eigenvalue weighted by Gasteiger charge is 2.35. The van der Waals surface area contributed by atoms with Crippen LogP contribution in [0.3, 0.4) is 0 Å². The van der Waals surface area contributed by atoms with E-state index in [9.17, 15) is 23.1 Å². The Balaban J connectivity index is 1.78. The largest absolute Gasteiger partial charge is 0.477 e. The lowest BCUT2D eigenvalue weighted by molar-refractivity contribution is -0.138. The van der Waals surface area contributed by atoms with Crippen LogP contribution in [-0.2, 0) is 22.4 Å². The van der Waals surface area contributed by atoms with Gasteiger partial charge in [-0.15, -0.1) is 0 Å². The summed E-state index contributed by atoms with van der Waals surface area (Å²) < 4.78 is 42.8. The first-order chi connectivity index (χ1) is 15.2. The van der Waals surface area contributed by atoms with E-state index in [1.165, 1.54) is 11.9 Å². The highest BCUT2D eigenvalue weighted by atomic mass is 32.2. The van der Waals surface area contributed by atoms with E-state index < -0.39 is 17.7 Å². The first-order valence-corrected chi connectivity index (χ1v) is 11.5. The molecule has 174 valence electrons. The molecule has 32 heavy (non-hydrogen) atoms. The molecular formula is C23H27F3N2O3S. The molecule has 0 bridgehead atoms. The van der Waals surface area contributed by atoms with Crippen molar-refractivity contribution in [1.29, 1.82) is 0 Å². The number of nitrogens with zero attached hydrogens (tertiary/aromatic N) is 2. The number of hydrogen-bond acceptors (Lipinski definition) is 5. The summed E-state index contributed by atoms with van der Waals surface area (Å²) in [7, 11) is 0. The van der Waals surface area contributed by atoms with Crippen molar-refractivity contribution >= 4 is 23.6 Å². The second kappa shape index (κ2) is 10.5. The molecule has 1 aromatic carbocycles. The van der Waals surface area contributed by atoms with Gasteiger partial charge in [-0.3, -0.25) is 0 Å². The zero-order chi connectivity index (χ0) is 23.3. The molecule has 3 rings (SSSR count). The lowest BCUT2D eigenvalue weighted by Gasteiger charge is -2.25. The van der Waals surface area contributed by atoms with Gasteiger partial charge in [-0.05, 0) is 73.2 Å². The maximum Gasteiger partial charge on any atom is 0.416 e. The van der Waals surface area contributed by atoms with E-state index in [0.717, 1.165) is 38.2 Å². The Bertz CT molecular complexity index is 935. The van der Waals surface area contributed by atoms with Crippen molar-refractivity contribution in [3.8, 4) is 0 Å². The summed E-state index contributed by atoms with van der Waals surface area (Å²) in [6.07, 6.45) is 1.76. The van der Waals surface area contributed by atoms with Crippen LogP contribution in [0.2, 0.25) is 0 Å². The Labute approximate surface area is 190 Å². The second-order valence-electron chi connectivity index (χ2n) is 7.87. The normalized spacial score (nSPS) is 18.3. The number of carboxylic acid groups (broad SMARTS) is 1. The van der Waals surface area contributed by atoms with Crippen LogP contribution in [-0.4, -0.2) is 27.6 Å². The van der Waals surface area contributed by atoms with Crippen molar-refractivity contribution in [3.63, 3.8) is 0 Å². The molecule has 1 aliphatic carbocycles. The lowest BCUT2D eigenvalue weighted by atomic mass is 9.81. The maximum atomic E-state index is 13.7. The number of hydrogen-bond donors (Lipinski definition) is 1. The minimum atomic E-state index is -4.43. The van der Waals surface area contributed by atoms with Gasteiger partial charge in [0, 0.05) is 12.1 Å². The van der Waals surface area contributed by atoms with Crippen molar-refractivity contribution in [2.75, 3.05) is 6.54 Å². The molecule has 0 atom stereocenters. The number of halogens is 3. The fourth-order valence-electron chi connectivity index (χ4n) is 4.15. The van der Waals surface area contributed by atoms with E-state index in [4.69, 9.17) is 4.84 Å². The molecule has 0 amide bonds. The third kappa shape index (κ3) is 5.68. The van der Waals surface area contributed by atoms with Gasteiger partial charge in [0.2, 0.25) is 0 Å². The number of aliphatic carboxylic acids is 1. The zero-order valence-electron chi connectivity index (χ0n) is 18.1. The van der Waals surface area contributed by atoms with E-state index in [-0.39, 0.29) is 18.2 Å². The van der Waals surface area contributed by atoms with Crippen LogP contribution in [0.25, 0.3) is 0 Å². The van der Waals surface area contributed by atoms with Crippen LogP contribution < -0.4 is 0 Å². The molecule has 1 N–H and O–H groups in total. The summed E-state index contributed by atoms with van der Waals surface area (Å²) in [6, 6.07) is 4.37. The number of carbonyl (C=O) groups is 1. The second-order valence-corrected chi connectivity index (χ2v) is 8.80. The molecule has 0 radical (unpaired) electrons. The third-order valence-corrected chi connectivity index (χ3v) is 6.66. The van der Waals surface area contributed by atoms with Crippen LogP contribution in [0.4, 0.5) is 13.2 Å². The fraction of sp³-hybridized carbons (Fsp3) is 0.478. The number of carboxylic acids is 1. The number of allylic oxidation sites excluding steroid dienone is 2. The summed E-state index contributed by atoms with van der Waals surface area (Å²) in [5, 5.41) is 15.3. The van der Waals surface area contributed by atoms with Crippen LogP contribution in [0, 0.1) is 0 Å². The van der Waals surface area contributed by atoms with Crippen LogP contribution in [0.1, 0.15) is 68.6 Å². The third-order valence-electron chi connectivity index (χ3n) is 5.71. The topological polar surface area (TPSA) is 62.1 Å². The number of likely N-dealkylation sites (N-methyl/N-ethyl adjacent to an activating group) is 1. The number of alkyl halides is 3. The molecule has 1 fully saturated rings. The summed E-state index contributed by atoms with van der Waals surface area (Å²) in [5.41, 5.74) is 0.968. The first kappa shape index (κ1) is 24.2. The molecular weight excluding hydrogens is 441 g/mol. The average molecular weight is 469 g/mol. The Morgan fingerprint density at radius 3 is 2.62 bits per heavy atom. The van der Waals surface area contributed by atoms with Crippen LogP contribution >= 0.6 is 11.9 Å². The lowest BCUT2D eigenvalue weighted by Crippen LogP contribution is -2.25. The van der Waals surface area contributed by atoms with E-state index in [1.807, 2.05) is 6.92 Å². The standard InChI is InChI=1S/C23H27F3N2O3S/c1-3-28-21(22(29)30)18(11-12-32-28)15(2)27-31-14-16-9-10-19(17-7-5-4-6-8-17)20(13-16)23(24,25)26/h9-13,17H,3-8,14H2,1-2H3,(H,29,30)/b27-15+. The quantitative estimate of drug-likeness (QED) is 0.282. The SMILES string of the molecule is CCN1SC=CC(/C(C)=N/OCc2ccc(C3CCCCC3)c(C(F)(F)F)c2)=C1C(=O)O. The monoisotopic (exact) mass is 468 g/mol. The smallest absolute Gasteiger partial charge is 0.416 e. The van der Waals surface area contributed by atoms with Gasteiger partial charge in [-0.25, -0.2) is 4.79 Å². The van der Waals surface area contributed by atoms with Gasteiger partial charge in [0.25, 0.3) is 0 Å². The van der Waals surface area contributed by atoms with Crippen molar-refractivity contribution in [2.24, 2.45) is 5.16 Å². The molecule has 1 aromatic rings. The van der Waals surface area contributed by atoms with Gasteiger partial charge < -0.3 is 14.2 Å². The van der Waals surface area contributed by atoms with Gasteiger partial charge in [0.05, 0.1) is 11.3 Å². The molecule has 0 aromatic heterocycles. The van der Waals surface area contributed by atoms with Crippen molar-refractivity contribution in [3.05, 3.63) is 57.6 Å². The molecule has 9 heteroatoms. The van der Waals surface area contributed by atoms with Crippen molar-refractivity contribution in [2.45, 2.75) is 64.7 Å². The predicted octanol–water partition coefficient (Wildman–Crippen LogP) is 6.48. The van der Waals surface area contributed by atoms with Crippen molar-refractivity contribution < 1.29 is 27.9 Å². The maximum absolute atomic E-state index is 13.7. The van der Waals surface area contributed by atoms with Gasteiger partial charge in [-0.1, -0.05) is 36.6 Å². The predicted molar refractivity (Wildman–Crippen MR) is 119 cm³/mol. The Kier molecular flexibility index (Phi) is 7.92. The highest BCUT2D eigenvalue weighted by molar-refractivity contribution is 8.00. The minimum Gasteiger partial charge on any atom is -0.477 e. The van der Waals surface area contributed by atoms with Crippen molar-refractivity contribution in [1.82, 2.24) is 4.31 Å². The van der Waals surface area contributed by atoms with Gasteiger partial charge >= 0.3 is 12.1 Å². The molecule has 1 aliphatic heterocycles. The number of rotatable bonds is 7. The van der Waals surface area contributed by atoms with Crippen LogP contribution in [0.15, 0.2) is 46.1 Å². The summed E-state index contributed by atoms with van der Waals surface area (Å²) in [5.74, 6) is -1.14. The summed E-state index contributed by atoms with van der Waals surface area (Å²) in [4.78, 5) is 17.0. The molecule has 1 saturated carbocycles. The molecule has 5 nitrogen and oxygen atoms in total. The van der Waals surface area contributed by atoms with Gasteiger partial charge in [0.15, 0.2) is 0 Å². The number of oxime groups is 1. The van der Waals surface area contributed by atoms with Gasteiger partial charge in [-0.2, -0.15) is 13.2 Å². The zero-order valence-corrected chi connectivity index (χ0v) is 18.9. The fourth-order valence-corrected chi connectivity index (χ4v) is 4.92. The Morgan fingerprint density at radius 1 is 1.28 bits per heavy atom. The minimum absolute atomic E-state index is 0.0607. The van der Waals surface area contributed by atoms with E-state index >= 15 is 0 Å². The summed E-state index contributed by atoms with van der Waals surface area (Å²) >= 11 is 1.27. The van der Waals surface area contributed by atoms with Gasteiger partial charge in [0.1, 0.15) is 12.3 Å². The van der Waals surface area contributed by atoms with Crippen LogP contribution in [0.5, 0.6) is 0 Å². The Morgan fingerprint density at radius 2 is 2.00 bits per heavy atom. The molecule has 0 unspecified atom stereocenters. The van der Waals surface area contributed by atoms with E-state index in [2.05, 4.69) is 5.16 Å². The van der Waals surface area contributed by atoms with E-state index in [0.29, 0.717) is 29.0 Å². The number of benzene rings is 1. The average Bonchev–Trinajstić information content (AvgIpc) is 2.78. The first-order valence-electron chi connectivity index (χ1n) is 10.7. The highest BCUT2D eigenvalue weighted by Crippen LogP contribution is 2.41. The molecule has 0 spiro atoms. The summed E-state index contributed by atoms with van der Waals surface area (Å²) in [6.45, 7) is 3.80. The van der Waals surface area contributed by atoms with E-state index in [1.54, 1.807) is 34.8 Å². The molecule has 1 heterocycles. The molecule has 2 aliphatic rings. The Hall–Kier alpha value is -2.42.